The maximum Gasteiger partial charge on any atom is 0.322 e. The highest BCUT2D eigenvalue weighted by Gasteiger charge is 2.47. The summed E-state index contributed by atoms with van der Waals surface area (Å²) < 4.78 is 1.13. The Hall–Kier alpha value is -3.50. The Morgan fingerprint density at radius 2 is 1.88 bits per heavy atom. The fraction of sp³-hybridized carbons (Fsp3) is 0.267. The molecular weight excluding hydrogens is 581 g/mol. The van der Waals surface area contributed by atoms with E-state index in [0.717, 1.165) is 59.5 Å². The van der Waals surface area contributed by atoms with Gasteiger partial charge in [0, 0.05) is 42.7 Å². The maximum absolute atomic E-state index is 13.5. The molecule has 0 aliphatic carbocycles. The monoisotopic (exact) mass is 607 g/mol. The summed E-state index contributed by atoms with van der Waals surface area (Å²) in [4.78, 5) is 33.0. The molecule has 11 heteroatoms. The quantitative estimate of drug-likeness (QED) is 0.183. The second-order valence-corrected chi connectivity index (χ2v) is 12.2. The van der Waals surface area contributed by atoms with Gasteiger partial charge in [-0.05, 0) is 61.3 Å². The van der Waals surface area contributed by atoms with Crippen LogP contribution in [-0.2, 0) is 12.0 Å². The molecule has 1 fully saturated rings. The van der Waals surface area contributed by atoms with Gasteiger partial charge in [-0.25, -0.2) is 9.78 Å². The van der Waals surface area contributed by atoms with Crippen LogP contribution in [0, 0.1) is 10.1 Å². The van der Waals surface area contributed by atoms with Crippen molar-refractivity contribution in [2.75, 3.05) is 31.1 Å². The van der Waals surface area contributed by atoms with Crippen LogP contribution in [0.15, 0.2) is 66.2 Å². The van der Waals surface area contributed by atoms with Gasteiger partial charge in [0.2, 0.25) is 0 Å². The molecule has 0 radical (unpaired) electrons. The molecule has 3 aromatic carbocycles. The van der Waals surface area contributed by atoms with E-state index in [1.807, 2.05) is 34.7 Å². The average molecular weight is 609 g/mol. The lowest BCUT2D eigenvalue weighted by Crippen LogP contribution is -2.47. The smallest absolute Gasteiger partial charge is 0.322 e. The first-order valence-corrected chi connectivity index (χ1v) is 15.0. The molecule has 41 heavy (non-hydrogen) atoms. The number of thiazole rings is 1. The minimum atomic E-state index is -0.431. The number of piperidine rings is 1. The summed E-state index contributed by atoms with van der Waals surface area (Å²) in [5, 5.41) is 15.1. The van der Waals surface area contributed by atoms with Crippen LogP contribution in [0.5, 0.6) is 0 Å². The Balaban J connectivity index is 1.16. The van der Waals surface area contributed by atoms with Crippen molar-refractivity contribution in [2.24, 2.45) is 0 Å². The highest BCUT2D eigenvalue weighted by Crippen LogP contribution is 2.50. The van der Waals surface area contributed by atoms with Crippen molar-refractivity contribution in [3.63, 3.8) is 0 Å². The lowest BCUT2D eigenvalue weighted by atomic mass is 9.74. The number of amides is 2. The molecule has 0 bridgehead atoms. The van der Waals surface area contributed by atoms with Gasteiger partial charge in [0.05, 0.1) is 36.4 Å². The van der Waals surface area contributed by atoms with Crippen molar-refractivity contribution in [3.05, 3.63) is 103 Å². The predicted molar refractivity (Wildman–Crippen MR) is 165 cm³/mol. The number of halogens is 2. The highest BCUT2D eigenvalue weighted by molar-refractivity contribution is 7.16. The Kier molecular flexibility index (Phi) is 7.70. The van der Waals surface area contributed by atoms with Crippen LogP contribution < -0.4 is 10.2 Å². The normalized spacial score (nSPS) is 16.5. The number of nitrogens with zero attached hydrogens (tertiary/aromatic N) is 4. The summed E-state index contributed by atoms with van der Waals surface area (Å²) in [6, 6.07) is 15.8. The zero-order valence-corrected chi connectivity index (χ0v) is 24.4. The number of fused-ring (bicyclic) bond motifs is 4. The third-order valence-electron chi connectivity index (χ3n) is 8.03. The van der Waals surface area contributed by atoms with E-state index in [0.29, 0.717) is 16.6 Å². The van der Waals surface area contributed by atoms with Crippen LogP contribution >= 0.6 is 34.5 Å². The zero-order valence-electron chi connectivity index (χ0n) is 22.1. The largest absolute Gasteiger partial charge is 0.334 e. The van der Waals surface area contributed by atoms with E-state index >= 15 is 0 Å². The van der Waals surface area contributed by atoms with E-state index in [4.69, 9.17) is 28.2 Å². The number of rotatable bonds is 6. The number of anilines is 1. The van der Waals surface area contributed by atoms with Crippen molar-refractivity contribution >= 4 is 68.2 Å². The number of hydrogen-bond acceptors (Lipinski definition) is 6. The molecule has 1 aromatic heterocycles. The maximum atomic E-state index is 13.5. The summed E-state index contributed by atoms with van der Waals surface area (Å²) in [5.74, 6) is 0. The lowest BCUT2D eigenvalue weighted by molar-refractivity contribution is -0.384. The fourth-order valence-corrected chi connectivity index (χ4v) is 6.84. The van der Waals surface area contributed by atoms with Gasteiger partial charge in [0.25, 0.3) is 5.69 Å². The molecule has 8 nitrogen and oxygen atoms in total. The van der Waals surface area contributed by atoms with E-state index < -0.39 is 4.92 Å². The standard InChI is InChI=1S/C30H27Cl2N5O3S/c31-23-8-5-20(16-24(23)32)2-1-13-35-14-11-30(12-15-35)18-36(25-9-10-26-28(27(25)30)34-19-41-26)29(38)33-17-21-3-6-22(7-4-21)37(39)40/h1-10,16,19H,11-15,17-18H2,(H,33,38)/b2-1+. The molecule has 3 heterocycles. The lowest BCUT2D eigenvalue weighted by Gasteiger charge is -2.39. The topological polar surface area (TPSA) is 91.6 Å². The number of nitro groups is 1. The number of non-ortho nitro benzene ring substituents is 1. The summed E-state index contributed by atoms with van der Waals surface area (Å²) in [5.41, 5.74) is 6.63. The summed E-state index contributed by atoms with van der Waals surface area (Å²) in [6.07, 6.45) is 6.05. The van der Waals surface area contributed by atoms with E-state index in [-0.39, 0.29) is 23.7 Å². The molecule has 0 saturated carbocycles. The van der Waals surface area contributed by atoms with Gasteiger partial charge in [-0.3, -0.25) is 19.9 Å². The Morgan fingerprint density at radius 3 is 2.61 bits per heavy atom. The first kappa shape index (κ1) is 27.7. The third kappa shape index (κ3) is 5.55. The number of aromatic nitrogens is 1. The number of carbonyl (C=O) groups excluding carboxylic acids is 1. The number of urea groups is 1. The first-order valence-electron chi connectivity index (χ1n) is 13.3. The van der Waals surface area contributed by atoms with Crippen LogP contribution in [0.4, 0.5) is 16.2 Å². The average Bonchev–Trinajstić information content (AvgIpc) is 3.58. The van der Waals surface area contributed by atoms with E-state index in [2.05, 4.69) is 22.4 Å². The zero-order chi connectivity index (χ0) is 28.6. The third-order valence-corrected chi connectivity index (χ3v) is 9.56. The predicted octanol–water partition coefficient (Wildman–Crippen LogP) is 7.29. The number of hydrogen-bond donors (Lipinski definition) is 1. The molecule has 2 amide bonds. The van der Waals surface area contributed by atoms with Crippen LogP contribution in [0.1, 0.15) is 29.5 Å². The van der Waals surface area contributed by atoms with Gasteiger partial charge in [0.1, 0.15) is 0 Å². The number of likely N-dealkylation sites (tertiary alicyclic amines) is 1. The summed E-state index contributed by atoms with van der Waals surface area (Å²) >= 11 is 13.8. The summed E-state index contributed by atoms with van der Waals surface area (Å²) in [7, 11) is 0. The van der Waals surface area contributed by atoms with Crippen molar-refractivity contribution in [3.8, 4) is 0 Å². The first-order chi connectivity index (χ1) is 19.8. The molecule has 2 aliphatic heterocycles. The number of carbonyl (C=O) groups is 1. The molecule has 6 rings (SSSR count). The molecule has 2 aliphatic rings. The van der Waals surface area contributed by atoms with Gasteiger partial charge < -0.3 is 5.32 Å². The van der Waals surface area contributed by atoms with Gasteiger partial charge in [0.15, 0.2) is 0 Å². The highest BCUT2D eigenvalue weighted by atomic mass is 35.5. The fourth-order valence-electron chi connectivity index (χ4n) is 5.85. The second-order valence-electron chi connectivity index (χ2n) is 10.5. The summed E-state index contributed by atoms with van der Waals surface area (Å²) in [6.45, 7) is 3.52. The van der Waals surface area contributed by atoms with E-state index in [1.165, 1.54) is 17.7 Å². The molecule has 0 atom stereocenters. The Labute approximate surface area is 251 Å². The van der Waals surface area contributed by atoms with Gasteiger partial charge >= 0.3 is 6.03 Å². The SMILES string of the molecule is O=C(NCc1ccc([N+](=O)[O-])cc1)N1CC2(CCN(C/C=C/c3ccc(Cl)c(Cl)c3)CC2)c2c1ccc1scnc21. The van der Waals surface area contributed by atoms with Crippen molar-refractivity contribution in [1.29, 1.82) is 0 Å². The van der Waals surface area contributed by atoms with Crippen LogP contribution in [-0.4, -0.2) is 47.0 Å². The Morgan fingerprint density at radius 1 is 1.10 bits per heavy atom. The molecular formula is C30H27Cl2N5O3S. The van der Waals surface area contributed by atoms with Crippen LogP contribution in [0.3, 0.4) is 0 Å². The van der Waals surface area contributed by atoms with Gasteiger partial charge in [-0.2, -0.15) is 0 Å². The number of benzene rings is 3. The van der Waals surface area contributed by atoms with E-state index in [9.17, 15) is 14.9 Å². The molecule has 1 N–H and O–H groups in total. The van der Waals surface area contributed by atoms with Crippen molar-refractivity contribution in [1.82, 2.24) is 15.2 Å². The molecule has 1 saturated heterocycles. The molecule has 210 valence electrons. The van der Waals surface area contributed by atoms with Gasteiger partial charge in [-0.1, -0.05) is 53.6 Å². The van der Waals surface area contributed by atoms with E-state index in [1.54, 1.807) is 29.5 Å². The number of nitrogens with one attached hydrogen (secondary N) is 1. The van der Waals surface area contributed by atoms with Crippen molar-refractivity contribution in [2.45, 2.75) is 24.8 Å². The van der Waals surface area contributed by atoms with Crippen LogP contribution in [0.2, 0.25) is 10.0 Å². The van der Waals surface area contributed by atoms with Crippen LogP contribution in [0.25, 0.3) is 16.3 Å². The number of nitro benzene ring substituents is 1. The minimum Gasteiger partial charge on any atom is -0.334 e. The molecule has 0 unspecified atom stereocenters. The molecule has 4 aromatic rings. The molecule has 1 spiro atoms. The minimum absolute atomic E-state index is 0.0268. The Bertz CT molecular complexity index is 1650. The second kappa shape index (κ2) is 11.4. The van der Waals surface area contributed by atoms with Gasteiger partial charge in [-0.15, -0.1) is 11.3 Å². The van der Waals surface area contributed by atoms with Crippen molar-refractivity contribution < 1.29 is 9.72 Å².